The van der Waals surface area contributed by atoms with E-state index in [0.29, 0.717) is 85.7 Å². The molecule has 5 N–H and O–H groups in total. The minimum absolute atomic E-state index is 0.0159. The number of nitrogens with one attached hydrogen (secondary N) is 4. The Morgan fingerprint density at radius 3 is 2.20 bits per heavy atom. The number of fused-ring (bicyclic) bond motifs is 6. The predicted molar refractivity (Wildman–Crippen MR) is 316 cm³/mol. The summed E-state index contributed by atoms with van der Waals surface area (Å²) in [6, 6.07) is 4.25. The monoisotopic (exact) mass is 1120 g/mol. The zero-order valence-electron chi connectivity index (χ0n) is 50.0. The van der Waals surface area contributed by atoms with Crippen molar-refractivity contribution in [1.82, 2.24) is 35.6 Å². The Hall–Kier alpha value is -4.44. The molecule has 0 aliphatic heterocycles. The largest absolute Gasteiger partial charge is 0.480 e. The van der Waals surface area contributed by atoms with Crippen LogP contribution in [0, 0.1) is 46.3 Å². The van der Waals surface area contributed by atoms with E-state index in [-0.39, 0.29) is 59.9 Å². The van der Waals surface area contributed by atoms with E-state index in [2.05, 4.69) is 42.0 Å². The van der Waals surface area contributed by atoms with Crippen molar-refractivity contribution in [3.8, 4) is 0 Å². The Labute approximate surface area is 477 Å². The van der Waals surface area contributed by atoms with Crippen molar-refractivity contribution < 1.29 is 38.7 Å². The molecular formula is C63H101N7O8S. The highest BCUT2D eigenvalue weighted by atomic mass is 32.2. The van der Waals surface area contributed by atoms with Gasteiger partial charge in [0.2, 0.25) is 29.5 Å². The molecule has 0 spiro atoms. The summed E-state index contributed by atoms with van der Waals surface area (Å²) in [7, 11) is 4.95. The molecule has 0 bridgehead atoms. The van der Waals surface area contributed by atoms with Crippen molar-refractivity contribution in [1.29, 1.82) is 0 Å². The Kier molecular flexibility index (Phi) is 23.8. The number of thioether (sulfide) groups is 1. The first-order chi connectivity index (χ1) is 37.7. The molecule has 4 aliphatic carbocycles. The van der Waals surface area contributed by atoms with Gasteiger partial charge in [-0.25, -0.2) is 0 Å². The summed E-state index contributed by atoms with van der Waals surface area (Å²) >= 11 is 1.68. The lowest BCUT2D eigenvalue weighted by atomic mass is 9.44. The minimum Gasteiger partial charge on any atom is -0.480 e. The maximum absolute atomic E-state index is 14.7. The van der Waals surface area contributed by atoms with Gasteiger partial charge in [-0.2, -0.15) is 11.8 Å². The Balaban J connectivity index is 0.974. The van der Waals surface area contributed by atoms with Crippen LogP contribution in [0.3, 0.4) is 0 Å². The lowest BCUT2D eigenvalue weighted by Gasteiger charge is -2.59. The fourth-order valence-corrected chi connectivity index (χ4v) is 16.1. The number of benzene rings is 1. The molecule has 6 rings (SSSR count). The number of carbonyl (C=O) groups excluding carboxylic acids is 6. The summed E-state index contributed by atoms with van der Waals surface area (Å²) in [5.74, 6) is 2.22. The highest BCUT2D eigenvalue weighted by Gasteiger charge is 2.62. The number of unbranched alkanes of at least 4 members (excludes halogenated alkanes) is 2. The molecule has 2 aromatic rings. The smallest absolute Gasteiger partial charge is 0.323 e. The van der Waals surface area contributed by atoms with Crippen LogP contribution in [0.1, 0.15) is 182 Å². The van der Waals surface area contributed by atoms with Gasteiger partial charge in [-0.15, -0.1) is 0 Å². The fraction of sp³-hybridized carbons (Fsp3) is 0.762. The average molecular weight is 1120 g/mol. The van der Waals surface area contributed by atoms with Crippen LogP contribution in [-0.4, -0.2) is 130 Å². The average Bonchev–Trinajstić information content (AvgIpc) is 3.95. The number of amides is 5. The van der Waals surface area contributed by atoms with Crippen LogP contribution >= 0.6 is 11.8 Å². The number of aliphatic carboxylic acids is 1. The molecule has 0 radical (unpaired) electrons. The van der Waals surface area contributed by atoms with Crippen molar-refractivity contribution in [2.75, 3.05) is 39.2 Å². The van der Waals surface area contributed by atoms with Crippen LogP contribution in [0.4, 0.5) is 0 Å². The standard InChI is InChI=1S/C63H101N7O8S/c1-11-14-24-52(68(9)61(78)53(25-15-12-2)69(10)60(77)50(64-8)36-42-38-70(39-56(73)74)51-26-17-16-23-46(42)51)59(76)67-49(35-41(4)5)58(75)65-33-34-79-40-45(13-3)66-55(72)27-20-22-43-28-29-47-57-48(30-32-63(43,47)7)62(6)31-19-18-21-44(62)37-54(57)71/h16-17,23,26,38,41,43-45,47-50,52-53,57,64H,11-15,18-22,24-25,27-37,39-40H2,1-10H3,(H,65,75)(H,66,72)(H,67,76)(H,73,74)/t43-,44-,45?,47?,48?,49-,50-,52-,53-,57-,62-,63+/m0/s1. The molecule has 0 saturated heterocycles. The van der Waals surface area contributed by atoms with Crippen LogP contribution < -0.4 is 21.3 Å². The van der Waals surface area contributed by atoms with Gasteiger partial charge in [0.1, 0.15) is 30.5 Å². The Bertz CT molecular complexity index is 2390. The van der Waals surface area contributed by atoms with E-state index >= 15 is 0 Å². The van der Waals surface area contributed by atoms with Crippen LogP contribution in [-0.2, 0) is 46.5 Å². The second-order valence-electron chi connectivity index (χ2n) is 25.3. The van der Waals surface area contributed by atoms with Crippen LogP contribution in [0.2, 0.25) is 0 Å². The highest BCUT2D eigenvalue weighted by Crippen LogP contribution is 2.67. The molecule has 1 heterocycles. The third-order valence-electron chi connectivity index (χ3n) is 19.7. The lowest BCUT2D eigenvalue weighted by molar-refractivity contribution is -0.155. The second-order valence-corrected chi connectivity index (χ2v) is 26.4. The molecule has 442 valence electrons. The summed E-state index contributed by atoms with van der Waals surface area (Å²) < 4.78 is 1.67. The zero-order valence-corrected chi connectivity index (χ0v) is 50.8. The topological polar surface area (TPSA) is 199 Å². The maximum Gasteiger partial charge on any atom is 0.323 e. The number of para-hydroxylation sites is 1. The van der Waals surface area contributed by atoms with Gasteiger partial charge in [-0.05, 0) is 143 Å². The van der Waals surface area contributed by atoms with Crippen LogP contribution in [0.25, 0.3) is 10.9 Å². The van der Waals surface area contributed by atoms with E-state index in [4.69, 9.17) is 0 Å². The van der Waals surface area contributed by atoms with Crippen molar-refractivity contribution in [2.45, 2.75) is 220 Å². The van der Waals surface area contributed by atoms with Crippen molar-refractivity contribution in [3.05, 3.63) is 36.0 Å². The summed E-state index contributed by atoms with van der Waals surface area (Å²) in [4.78, 5) is 99.1. The molecule has 4 fully saturated rings. The molecule has 4 aliphatic rings. The minimum atomic E-state index is -0.971. The molecule has 1 aromatic carbocycles. The van der Waals surface area contributed by atoms with E-state index in [9.17, 15) is 38.7 Å². The summed E-state index contributed by atoms with van der Waals surface area (Å²) in [5, 5.41) is 22.9. The van der Waals surface area contributed by atoms with E-state index in [0.717, 1.165) is 67.2 Å². The van der Waals surface area contributed by atoms with E-state index in [1.54, 1.807) is 43.7 Å². The van der Waals surface area contributed by atoms with Gasteiger partial charge in [0.05, 0.1) is 6.04 Å². The van der Waals surface area contributed by atoms with Crippen LogP contribution in [0.5, 0.6) is 0 Å². The molecule has 3 unspecified atom stereocenters. The molecule has 16 heteroatoms. The number of hydrogen-bond acceptors (Lipinski definition) is 9. The van der Waals surface area contributed by atoms with E-state index in [1.165, 1.54) is 54.7 Å². The number of rotatable bonds is 31. The highest BCUT2D eigenvalue weighted by molar-refractivity contribution is 7.99. The summed E-state index contributed by atoms with van der Waals surface area (Å²) in [6.45, 7) is 15.3. The van der Waals surface area contributed by atoms with Crippen molar-refractivity contribution >= 4 is 64.0 Å². The molecule has 5 amide bonds. The number of hydrogen-bond donors (Lipinski definition) is 5. The maximum atomic E-state index is 14.7. The normalized spacial score (nSPS) is 25.5. The number of likely N-dealkylation sites (N-methyl/N-ethyl adjacent to an activating group) is 3. The SMILES string of the molecule is CCCC[C@@H](C(=O)N(C)[C@@H](CCCC)C(=O)N[C@@H](CC(C)C)C(=O)NCCSCC(CC)NC(=O)CCC[C@H]1CCC2[C@@H]3C(=O)C[C@@H]4CCCC[C@]4(C)C3CC[C@@]21C)N(C)C(=O)[C@H](Cc1cn(CC(=O)O)c2ccccc12)NC. The van der Waals surface area contributed by atoms with Gasteiger partial charge in [-0.1, -0.05) is 105 Å². The van der Waals surface area contributed by atoms with Gasteiger partial charge in [0.15, 0.2) is 0 Å². The zero-order chi connectivity index (χ0) is 57.6. The number of Topliss-reactive ketones (excluding diaryl/α,β-unsaturated/α-hetero) is 1. The number of carbonyl (C=O) groups is 7. The number of carboxylic acids is 1. The fourth-order valence-electron chi connectivity index (χ4n) is 15.0. The van der Waals surface area contributed by atoms with Gasteiger partial charge in [-0.3, -0.25) is 33.6 Å². The predicted octanol–water partition coefficient (Wildman–Crippen LogP) is 9.56. The number of aromatic nitrogens is 1. The molecule has 79 heavy (non-hydrogen) atoms. The summed E-state index contributed by atoms with van der Waals surface area (Å²) in [5.41, 5.74) is 2.09. The van der Waals surface area contributed by atoms with Gasteiger partial charge < -0.3 is 40.7 Å². The van der Waals surface area contributed by atoms with Crippen LogP contribution in [0.15, 0.2) is 30.5 Å². The molecule has 12 atom stereocenters. The Morgan fingerprint density at radius 2 is 1.52 bits per heavy atom. The van der Waals surface area contributed by atoms with Gasteiger partial charge in [0.25, 0.3) is 0 Å². The number of ketones is 1. The third kappa shape index (κ3) is 15.6. The molecule has 4 saturated carbocycles. The Morgan fingerprint density at radius 1 is 0.823 bits per heavy atom. The quantitative estimate of drug-likeness (QED) is 0.0453. The van der Waals surface area contributed by atoms with E-state index < -0.39 is 36.0 Å². The molecular weight excluding hydrogens is 1010 g/mol. The van der Waals surface area contributed by atoms with Crippen molar-refractivity contribution in [3.63, 3.8) is 0 Å². The summed E-state index contributed by atoms with van der Waals surface area (Å²) in [6.07, 6.45) is 20.0. The number of nitrogens with zero attached hydrogens (tertiary/aromatic N) is 3. The first-order valence-electron chi connectivity index (χ1n) is 30.7. The third-order valence-corrected chi connectivity index (χ3v) is 20.9. The van der Waals surface area contributed by atoms with Crippen molar-refractivity contribution in [2.24, 2.45) is 46.3 Å². The lowest BCUT2D eigenvalue weighted by Crippen LogP contribution is -2.58. The first-order valence-corrected chi connectivity index (χ1v) is 31.8. The van der Waals surface area contributed by atoms with Gasteiger partial charge in [0, 0.05) is 74.0 Å². The second kappa shape index (κ2) is 29.5. The first kappa shape index (κ1) is 63.7. The molecule has 1 aromatic heterocycles. The van der Waals surface area contributed by atoms with Gasteiger partial charge >= 0.3 is 5.97 Å². The van der Waals surface area contributed by atoms with E-state index in [1.807, 2.05) is 52.0 Å². The molecule has 15 nitrogen and oxygen atoms in total. The number of carboxylic acid groups (broad SMARTS) is 1.